The molecule has 2 N–H and O–H groups in total. The van der Waals surface area contributed by atoms with E-state index in [2.05, 4.69) is 4.99 Å². The van der Waals surface area contributed by atoms with Crippen molar-refractivity contribution in [3.8, 4) is 11.6 Å². The van der Waals surface area contributed by atoms with Crippen molar-refractivity contribution < 1.29 is 10.2 Å². The Morgan fingerprint density at radius 1 is 1.04 bits per heavy atom. The molecule has 0 aliphatic rings. The lowest BCUT2D eigenvalue weighted by Crippen LogP contribution is -1.96. The highest BCUT2D eigenvalue weighted by Crippen LogP contribution is 2.38. The van der Waals surface area contributed by atoms with E-state index in [1.54, 1.807) is 29.0 Å². The zero-order valence-corrected chi connectivity index (χ0v) is 13.6. The molecule has 0 spiro atoms. The normalized spacial score (nSPS) is 11.6. The van der Waals surface area contributed by atoms with E-state index in [9.17, 15) is 5.11 Å². The van der Waals surface area contributed by atoms with Gasteiger partial charge in [0.05, 0.1) is 40.0 Å². The highest BCUT2D eigenvalue weighted by molar-refractivity contribution is 6.38. The summed E-state index contributed by atoms with van der Waals surface area (Å²) < 4.78 is 1.61. The third-order valence-corrected chi connectivity index (χ3v) is 4.11. The molecule has 118 valence electrons. The highest BCUT2D eigenvalue weighted by atomic mass is 35.5. The van der Waals surface area contributed by atoms with Crippen molar-refractivity contribution in [3.63, 3.8) is 0 Å². The zero-order valence-electron chi connectivity index (χ0n) is 12.1. The Morgan fingerprint density at radius 3 is 2.43 bits per heavy atom. The molecule has 1 heterocycles. The van der Waals surface area contributed by atoms with Crippen molar-refractivity contribution in [2.75, 3.05) is 13.2 Å². The van der Waals surface area contributed by atoms with E-state index in [1.165, 1.54) is 0 Å². The zero-order chi connectivity index (χ0) is 16.4. The van der Waals surface area contributed by atoms with E-state index in [-0.39, 0.29) is 19.0 Å². The molecule has 0 saturated carbocycles. The summed E-state index contributed by atoms with van der Waals surface area (Å²) in [6, 6.07) is 12.7. The molecule has 0 atom stereocenters. The van der Waals surface area contributed by atoms with Crippen LogP contribution in [0.25, 0.3) is 16.6 Å². The standard InChI is InChI=1S/C17H14Cl2N2O2/c18-13-5-3-6-14(19)16(13)21-15-7-2-1-4-11(15)12(17(21)23)10-20-8-9-22/h1-7,10,22-23H,8-9H2. The van der Waals surface area contributed by atoms with Crippen molar-refractivity contribution in [2.24, 2.45) is 4.99 Å². The van der Waals surface area contributed by atoms with Gasteiger partial charge in [0.2, 0.25) is 5.88 Å². The first-order valence-electron chi connectivity index (χ1n) is 7.02. The van der Waals surface area contributed by atoms with E-state index in [4.69, 9.17) is 28.3 Å². The minimum atomic E-state index is -0.0494. The molecular weight excluding hydrogens is 335 g/mol. The minimum Gasteiger partial charge on any atom is -0.494 e. The fourth-order valence-electron chi connectivity index (χ4n) is 2.52. The first-order chi connectivity index (χ1) is 11.1. The second-order valence-electron chi connectivity index (χ2n) is 4.92. The van der Waals surface area contributed by atoms with Gasteiger partial charge in [0.25, 0.3) is 0 Å². The number of hydrogen-bond donors (Lipinski definition) is 2. The van der Waals surface area contributed by atoms with Crippen LogP contribution in [0.2, 0.25) is 10.0 Å². The van der Waals surface area contributed by atoms with Gasteiger partial charge in [0.1, 0.15) is 0 Å². The van der Waals surface area contributed by atoms with Crippen molar-refractivity contribution in [1.29, 1.82) is 0 Å². The van der Waals surface area contributed by atoms with E-state index < -0.39 is 0 Å². The summed E-state index contributed by atoms with van der Waals surface area (Å²) in [7, 11) is 0. The summed E-state index contributed by atoms with van der Waals surface area (Å²) in [6.45, 7) is 0.220. The van der Waals surface area contributed by atoms with Gasteiger partial charge >= 0.3 is 0 Å². The number of halogens is 2. The van der Waals surface area contributed by atoms with E-state index >= 15 is 0 Å². The summed E-state index contributed by atoms with van der Waals surface area (Å²) in [5, 5.41) is 21.3. The van der Waals surface area contributed by atoms with Gasteiger partial charge < -0.3 is 10.2 Å². The first kappa shape index (κ1) is 15.9. The highest BCUT2D eigenvalue weighted by Gasteiger charge is 2.19. The molecule has 0 amide bonds. The Labute approximate surface area is 143 Å². The van der Waals surface area contributed by atoms with Gasteiger partial charge in [0.15, 0.2) is 0 Å². The number of rotatable bonds is 4. The third-order valence-electron chi connectivity index (χ3n) is 3.50. The molecule has 6 heteroatoms. The number of aliphatic hydroxyl groups excluding tert-OH is 1. The molecule has 0 unspecified atom stereocenters. The maximum Gasteiger partial charge on any atom is 0.205 e. The fourth-order valence-corrected chi connectivity index (χ4v) is 3.09. The van der Waals surface area contributed by atoms with Gasteiger partial charge in [0, 0.05) is 11.6 Å². The van der Waals surface area contributed by atoms with E-state index in [1.807, 2.05) is 24.3 Å². The Kier molecular flexibility index (Phi) is 4.57. The van der Waals surface area contributed by atoms with Crippen LogP contribution in [0, 0.1) is 0 Å². The Balaban J connectivity index is 2.32. The largest absolute Gasteiger partial charge is 0.494 e. The lowest BCUT2D eigenvalue weighted by molar-refractivity contribution is 0.307. The molecule has 0 bridgehead atoms. The van der Waals surface area contributed by atoms with Crippen molar-refractivity contribution >= 4 is 40.3 Å². The number of aliphatic hydroxyl groups is 1. The van der Waals surface area contributed by atoms with Crippen LogP contribution >= 0.6 is 23.2 Å². The maximum atomic E-state index is 10.7. The second kappa shape index (κ2) is 6.62. The number of benzene rings is 2. The van der Waals surface area contributed by atoms with Gasteiger partial charge in [-0.3, -0.25) is 9.56 Å². The fraction of sp³-hybridized carbons (Fsp3) is 0.118. The van der Waals surface area contributed by atoms with Crippen molar-refractivity contribution in [1.82, 2.24) is 4.57 Å². The Hall–Kier alpha value is -2.01. The SMILES string of the molecule is OCCN=Cc1c(O)n(-c2c(Cl)cccc2Cl)c2ccccc12. The average molecular weight is 349 g/mol. The van der Waals surface area contributed by atoms with E-state index in [0.717, 1.165) is 10.9 Å². The number of aromatic hydroxyl groups is 1. The summed E-state index contributed by atoms with van der Waals surface area (Å²) in [5.41, 5.74) is 1.85. The Morgan fingerprint density at radius 2 is 1.74 bits per heavy atom. The quantitative estimate of drug-likeness (QED) is 0.698. The van der Waals surface area contributed by atoms with Crippen molar-refractivity contribution in [3.05, 3.63) is 58.1 Å². The summed E-state index contributed by atoms with van der Waals surface area (Å²) in [5.74, 6) is 0.00268. The lowest BCUT2D eigenvalue weighted by Gasteiger charge is -2.11. The number of fused-ring (bicyclic) bond motifs is 1. The predicted molar refractivity (Wildman–Crippen MR) is 94.5 cm³/mol. The lowest BCUT2D eigenvalue weighted by atomic mass is 10.2. The smallest absolute Gasteiger partial charge is 0.205 e. The molecule has 0 aliphatic heterocycles. The van der Waals surface area contributed by atoms with Crippen LogP contribution in [0.5, 0.6) is 5.88 Å². The third kappa shape index (κ3) is 2.81. The monoisotopic (exact) mass is 348 g/mol. The van der Waals surface area contributed by atoms with Gasteiger partial charge in [-0.2, -0.15) is 0 Å². The van der Waals surface area contributed by atoms with Crippen LogP contribution in [0.3, 0.4) is 0 Å². The summed E-state index contributed by atoms with van der Waals surface area (Å²) in [6.07, 6.45) is 1.55. The molecule has 0 aliphatic carbocycles. The van der Waals surface area contributed by atoms with Crippen LogP contribution in [-0.2, 0) is 0 Å². The number of hydrogen-bond acceptors (Lipinski definition) is 3. The van der Waals surface area contributed by atoms with Crippen LogP contribution in [-0.4, -0.2) is 34.1 Å². The molecule has 0 saturated heterocycles. The van der Waals surface area contributed by atoms with Gasteiger partial charge in [-0.25, -0.2) is 0 Å². The van der Waals surface area contributed by atoms with Crippen LogP contribution in [0.15, 0.2) is 47.5 Å². The van der Waals surface area contributed by atoms with Crippen LogP contribution in [0.4, 0.5) is 0 Å². The second-order valence-corrected chi connectivity index (χ2v) is 5.73. The van der Waals surface area contributed by atoms with Crippen molar-refractivity contribution in [2.45, 2.75) is 0 Å². The van der Waals surface area contributed by atoms with Crippen LogP contribution < -0.4 is 0 Å². The molecular formula is C17H14Cl2N2O2. The topological polar surface area (TPSA) is 57.8 Å². The minimum absolute atomic E-state index is 0.00268. The van der Waals surface area contributed by atoms with Gasteiger partial charge in [-0.1, -0.05) is 47.5 Å². The molecule has 4 nitrogen and oxygen atoms in total. The molecule has 0 fully saturated rings. The first-order valence-corrected chi connectivity index (χ1v) is 7.78. The molecule has 1 aromatic heterocycles. The average Bonchev–Trinajstić information content (AvgIpc) is 2.81. The Bertz CT molecular complexity index is 867. The summed E-state index contributed by atoms with van der Waals surface area (Å²) in [4.78, 5) is 4.11. The van der Waals surface area contributed by atoms with E-state index in [0.29, 0.717) is 21.3 Å². The van der Waals surface area contributed by atoms with Gasteiger partial charge in [-0.15, -0.1) is 0 Å². The number of nitrogens with zero attached hydrogens (tertiary/aromatic N) is 2. The van der Waals surface area contributed by atoms with Gasteiger partial charge in [-0.05, 0) is 18.2 Å². The number of aromatic nitrogens is 1. The molecule has 0 radical (unpaired) electrons. The summed E-state index contributed by atoms with van der Waals surface area (Å²) >= 11 is 12.6. The molecule has 3 aromatic rings. The maximum absolute atomic E-state index is 10.7. The molecule has 23 heavy (non-hydrogen) atoms. The molecule has 3 rings (SSSR count). The number of aliphatic imine (C=N–C) groups is 1. The predicted octanol–water partition coefficient (Wildman–Crippen LogP) is 4.05. The van der Waals surface area contributed by atoms with Crippen LogP contribution in [0.1, 0.15) is 5.56 Å². The number of para-hydroxylation sites is 2. The molecule has 2 aromatic carbocycles.